The number of pyridine rings is 1. The normalized spacial score (nSPS) is 17.2. The molecule has 0 radical (unpaired) electrons. The van der Waals surface area contributed by atoms with E-state index in [4.69, 9.17) is 0 Å². The molecule has 0 unspecified atom stereocenters. The van der Waals surface area contributed by atoms with E-state index in [9.17, 15) is 9.18 Å². The third kappa shape index (κ3) is 2.79. The molecule has 1 saturated heterocycles. The number of piperazine rings is 1. The van der Waals surface area contributed by atoms with E-state index in [1.54, 1.807) is 4.90 Å². The van der Waals surface area contributed by atoms with Crippen LogP contribution in [0.15, 0.2) is 18.3 Å². The Morgan fingerprint density at radius 1 is 1.35 bits per heavy atom. The molecule has 92 valence electrons. The molecule has 0 bridgehead atoms. The first-order valence-corrected chi connectivity index (χ1v) is 5.84. The van der Waals surface area contributed by atoms with Gasteiger partial charge in [-0.3, -0.25) is 4.79 Å². The highest BCUT2D eigenvalue weighted by atomic mass is 19.1. The first-order chi connectivity index (χ1) is 8.20. The molecule has 1 aromatic rings. The van der Waals surface area contributed by atoms with Gasteiger partial charge in [-0.2, -0.15) is 4.39 Å². The van der Waals surface area contributed by atoms with E-state index >= 15 is 0 Å². The summed E-state index contributed by atoms with van der Waals surface area (Å²) in [4.78, 5) is 19.6. The Bertz CT molecular complexity index is 385. The Morgan fingerprint density at radius 3 is 2.59 bits per heavy atom. The van der Waals surface area contributed by atoms with Crippen molar-refractivity contribution in [3.05, 3.63) is 29.8 Å². The summed E-state index contributed by atoms with van der Waals surface area (Å²) in [5.74, 6) is -0.620. The molecule has 0 aliphatic carbocycles. The Hall–Kier alpha value is -1.49. The van der Waals surface area contributed by atoms with Crippen LogP contribution in [-0.4, -0.2) is 53.4 Å². The van der Waals surface area contributed by atoms with Crippen molar-refractivity contribution >= 4 is 5.91 Å². The average Bonchev–Trinajstić information content (AvgIpc) is 2.39. The minimum Gasteiger partial charge on any atom is -0.336 e. The van der Waals surface area contributed by atoms with Gasteiger partial charge in [0.25, 0.3) is 5.91 Å². The van der Waals surface area contributed by atoms with Gasteiger partial charge in [-0.05, 0) is 18.7 Å². The van der Waals surface area contributed by atoms with Gasteiger partial charge in [0.1, 0.15) is 0 Å². The number of halogens is 1. The van der Waals surface area contributed by atoms with Crippen LogP contribution in [0.1, 0.15) is 17.3 Å². The molecule has 1 aromatic heterocycles. The summed E-state index contributed by atoms with van der Waals surface area (Å²) < 4.78 is 12.6. The molecule has 17 heavy (non-hydrogen) atoms. The summed E-state index contributed by atoms with van der Waals surface area (Å²) in [7, 11) is 0. The standard InChI is InChI=1S/C12H16FN3O/c1-2-15-5-7-16(8-6-15)12(17)10-3-4-11(13)14-9-10/h3-4,9H,2,5-8H2,1H3. The number of hydrogen-bond donors (Lipinski definition) is 0. The van der Waals surface area contributed by atoms with Gasteiger partial charge in [-0.15, -0.1) is 0 Å². The average molecular weight is 237 g/mol. The molecular weight excluding hydrogens is 221 g/mol. The number of hydrogen-bond acceptors (Lipinski definition) is 3. The second kappa shape index (κ2) is 5.23. The van der Waals surface area contributed by atoms with Crippen molar-refractivity contribution < 1.29 is 9.18 Å². The second-order valence-electron chi connectivity index (χ2n) is 4.10. The van der Waals surface area contributed by atoms with Crippen LogP contribution in [0.4, 0.5) is 4.39 Å². The zero-order chi connectivity index (χ0) is 12.3. The zero-order valence-corrected chi connectivity index (χ0v) is 9.90. The molecule has 1 aliphatic heterocycles. The number of likely N-dealkylation sites (N-methyl/N-ethyl adjacent to an activating group) is 1. The largest absolute Gasteiger partial charge is 0.336 e. The topological polar surface area (TPSA) is 36.4 Å². The molecule has 0 saturated carbocycles. The number of nitrogens with zero attached hydrogens (tertiary/aromatic N) is 3. The van der Waals surface area contributed by atoms with Crippen LogP contribution in [0.25, 0.3) is 0 Å². The highest BCUT2D eigenvalue weighted by Gasteiger charge is 2.21. The van der Waals surface area contributed by atoms with E-state index in [1.807, 2.05) is 0 Å². The molecule has 1 amide bonds. The lowest BCUT2D eigenvalue weighted by atomic mass is 10.2. The summed E-state index contributed by atoms with van der Waals surface area (Å²) in [5, 5.41) is 0. The molecule has 5 heteroatoms. The van der Waals surface area contributed by atoms with E-state index in [-0.39, 0.29) is 5.91 Å². The minimum absolute atomic E-state index is 0.0618. The Morgan fingerprint density at radius 2 is 2.06 bits per heavy atom. The molecule has 4 nitrogen and oxygen atoms in total. The van der Waals surface area contributed by atoms with Gasteiger partial charge in [0.05, 0.1) is 5.56 Å². The predicted octanol–water partition coefficient (Wildman–Crippen LogP) is 0.998. The van der Waals surface area contributed by atoms with Crippen molar-refractivity contribution in [1.29, 1.82) is 0 Å². The monoisotopic (exact) mass is 237 g/mol. The van der Waals surface area contributed by atoms with Gasteiger partial charge in [0.2, 0.25) is 5.95 Å². The van der Waals surface area contributed by atoms with Crippen molar-refractivity contribution in [2.75, 3.05) is 32.7 Å². The van der Waals surface area contributed by atoms with Gasteiger partial charge in [-0.25, -0.2) is 4.98 Å². The molecule has 1 aliphatic rings. The maximum Gasteiger partial charge on any atom is 0.255 e. The van der Waals surface area contributed by atoms with E-state index < -0.39 is 5.95 Å². The van der Waals surface area contributed by atoms with Crippen molar-refractivity contribution in [2.24, 2.45) is 0 Å². The van der Waals surface area contributed by atoms with Crippen LogP contribution < -0.4 is 0 Å². The Kier molecular flexibility index (Phi) is 3.68. The van der Waals surface area contributed by atoms with Gasteiger partial charge in [-0.1, -0.05) is 6.92 Å². The molecular formula is C12H16FN3O. The SMILES string of the molecule is CCN1CCN(C(=O)c2ccc(F)nc2)CC1. The Balaban J connectivity index is 1.99. The number of amides is 1. The quantitative estimate of drug-likeness (QED) is 0.720. The van der Waals surface area contributed by atoms with Crippen LogP contribution in [-0.2, 0) is 0 Å². The first-order valence-electron chi connectivity index (χ1n) is 5.84. The van der Waals surface area contributed by atoms with Gasteiger partial charge in [0.15, 0.2) is 0 Å². The van der Waals surface area contributed by atoms with Crippen molar-refractivity contribution in [3.63, 3.8) is 0 Å². The van der Waals surface area contributed by atoms with Crippen LogP contribution in [0.3, 0.4) is 0 Å². The van der Waals surface area contributed by atoms with Crippen LogP contribution in [0.5, 0.6) is 0 Å². The molecule has 0 atom stereocenters. The van der Waals surface area contributed by atoms with Gasteiger partial charge in [0, 0.05) is 32.4 Å². The van der Waals surface area contributed by atoms with Crippen molar-refractivity contribution in [3.8, 4) is 0 Å². The highest BCUT2D eigenvalue weighted by Crippen LogP contribution is 2.08. The molecule has 1 fully saturated rings. The van der Waals surface area contributed by atoms with Crippen molar-refractivity contribution in [2.45, 2.75) is 6.92 Å². The summed E-state index contributed by atoms with van der Waals surface area (Å²) in [6, 6.07) is 2.70. The summed E-state index contributed by atoms with van der Waals surface area (Å²) in [6.07, 6.45) is 1.30. The summed E-state index contributed by atoms with van der Waals surface area (Å²) in [6.45, 7) is 6.38. The minimum atomic E-state index is -0.558. The molecule has 0 N–H and O–H groups in total. The summed E-state index contributed by atoms with van der Waals surface area (Å²) >= 11 is 0. The third-order valence-electron chi connectivity index (χ3n) is 3.08. The molecule has 2 heterocycles. The van der Waals surface area contributed by atoms with Gasteiger partial charge < -0.3 is 9.80 Å². The highest BCUT2D eigenvalue weighted by molar-refractivity contribution is 5.93. The van der Waals surface area contributed by atoms with Crippen LogP contribution in [0, 0.1) is 5.95 Å². The molecule has 0 aromatic carbocycles. The smallest absolute Gasteiger partial charge is 0.255 e. The number of rotatable bonds is 2. The second-order valence-corrected chi connectivity index (χ2v) is 4.10. The zero-order valence-electron chi connectivity index (χ0n) is 9.90. The van der Waals surface area contributed by atoms with E-state index in [2.05, 4.69) is 16.8 Å². The fourth-order valence-electron chi connectivity index (χ4n) is 1.95. The lowest BCUT2D eigenvalue weighted by Gasteiger charge is -2.34. The number of carbonyl (C=O) groups is 1. The lowest BCUT2D eigenvalue weighted by molar-refractivity contribution is 0.0643. The fourth-order valence-corrected chi connectivity index (χ4v) is 1.95. The van der Waals surface area contributed by atoms with E-state index in [0.717, 1.165) is 32.7 Å². The van der Waals surface area contributed by atoms with Gasteiger partial charge >= 0.3 is 0 Å². The van der Waals surface area contributed by atoms with Crippen LogP contribution in [0.2, 0.25) is 0 Å². The summed E-state index contributed by atoms with van der Waals surface area (Å²) in [5.41, 5.74) is 0.455. The number of carbonyl (C=O) groups excluding carboxylic acids is 1. The maximum atomic E-state index is 12.6. The van der Waals surface area contributed by atoms with E-state index in [1.165, 1.54) is 18.3 Å². The third-order valence-corrected chi connectivity index (χ3v) is 3.08. The van der Waals surface area contributed by atoms with Crippen molar-refractivity contribution in [1.82, 2.24) is 14.8 Å². The first kappa shape index (κ1) is 12.0. The van der Waals surface area contributed by atoms with E-state index in [0.29, 0.717) is 5.56 Å². The fraction of sp³-hybridized carbons (Fsp3) is 0.500. The maximum absolute atomic E-state index is 12.6. The predicted molar refractivity (Wildman–Crippen MR) is 62.2 cm³/mol. The number of aromatic nitrogens is 1. The Labute approximate surface area is 100 Å². The lowest BCUT2D eigenvalue weighted by Crippen LogP contribution is -2.48. The molecule has 2 rings (SSSR count). The van der Waals surface area contributed by atoms with Crippen LogP contribution >= 0.6 is 0 Å². The molecule has 0 spiro atoms.